The SMILES string of the molecule is COc1ccc(CCNC(=O)C2CC2C(=O)Nc2cccc3cccnc23)cc1. The Morgan fingerprint density at radius 3 is 2.59 bits per heavy atom. The van der Waals surface area contributed by atoms with Crippen molar-refractivity contribution >= 4 is 28.4 Å². The zero-order valence-corrected chi connectivity index (χ0v) is 16.2. The van der Waals surface area contributed by atoms with Crippen LogP contribution in [0.25, 0.3) is 10.9 Å². The molecule has 3 aromatic rings. The van der Waals surface area contributed by atoms with Crippen LogP contribution in [0, 0.1) is 11.8 Å². The Hall–Kier alpha value is -3.41. The van der Waals surface area contributed by atoms with E-state index in [-0.39, 0.29) is 23.7 Å². The molecule has 6 nitrogen and oxygen atoms in total. The maximum atomic E-state index is 12.6. The molecule has 2 atom stereocenters. The summed E-state index contributed by atoms with van der Waals surface area (Å²) >= 11 is 0. The number of methoxy groups -OCH3 is 1. The van der Waals surface area contributed by atoms with Crippen molar-refractivity contribution in [1.29, 1.82) is 0 Å². The molecule has 29 heavy (non-hydrogen) atoms. The molecule has 1 aliphatic carbocycles. The number of nitrogens with one attached hydrogen (secondary N) is 2. The molecule has 1 fully saturated rings. The average molecular weight is 389 g/mol. The summed E-state index contributed by atoms with van der Waals surface area (Å²) in [5.74, 6) is 0.0861. The molecule has 148 valence electrons. The van der Waals surface area contributed by atoms with Crippen molar-refractivity contribution < 1.29 is 14.3 Å². The fourth-order valence-corrected chi connectivity index (χ4v) is 3.46. The van der Waals surface area contributed by atoms with Gasteiger partial charge in [-0.1, -0.05) is 30.3 Å². The van der Waals surface area contributed by atoms with Crippen LogP contribution in [-0.4, -0.2) is 30.5 Å². The molecule has 1 saturated carbocycles. The number of aromatic nitrogens is 1. The average Bonchev–Trinajstić information content (AvgIpc) is 3.56. The molecule has 1 aliphatic rings. The van der Waals surface area contributed by atoms with Gasteiger partial charge in [0.25, 0.3) is 0 Å². The Morgan fingerprint density at radius 1 is 1.03 bits per heavy atom. The molecule has 2 amide bonds. The minimum Gasteiger partial charge on any atom is -0.497 e. The molecular weight excluding hydrogens is 366 g/mol. The van der Waals surface area contributed by atoms with Gasteiger partial charge in [0.15, 0.2) is 0 Å². The van der Waals surface area contributed by atoms with Crippen LogP contribution in [-0.2, 0) is 16.0 Å². The second kappa shape index (κ2) is 8.31. The highest BCUT2D eigenvalue weighted by Crippen LogP contribution is 2.39. The van der Waals surface area contributed by atoms with Crippen molar-refractivity contribution in [1.82, 2.24) is 10.3 Å². The number of carbonyl (C=O) groups is 2. The largest absolute Gasteiger partial charge is 0.497 e. The molecule has 2 N–H and O–H groups in total. The summed E-state index contributed by atoms with van der Waals surface area (Å²) in [5, 5.41) is 6.84. The van der Waals surface area contributed by atoms with Gasteiger partial charge < -0.3 is 15.4 Å². The molecule has 0 aliphatic heterocycles. The highest BCUT2D eigenvalue weighted by molar-refractivity contribution is 6.04. The van der Waals surface area contributed by atoms with Crippen LogP contribution in [0.4, 0.5) is 5.69 Å². The smallest absolute Gasteiger partial charge is 0.228 e. The molecule has 0 saturated heterocycles. The molecule has 0 spiro atoms. The molecule has 2 aromatic carbocycles. The molecule has 0 radical (unpaired) electrons. The van der Waals surface area contributed by atoms with Gasteiger partial charge in [0.1, 0.15) is 5.75 Å². The van der Waals surface area contributed by atoms with Gasteiger partial charge in [-0.25, -0.2) is 0 Å². The van der Waals surface area contributed by atoms with E-state index in [1.165, 1.54) is 0 Å². The molecule has 6 heteroatoms. The first kappa shape index (κ1) is 18.9. The van der Waals surface area contributed by atoms with Gasteiger partial charge in [0.2, 0.25) is 11.8 Å². The predicted molar refractivity (Wildman–Crippen MR) is 112 cm³/mol. The number of anilines is 1. The number of nitrogens with zero attached hydrogens (tertiary/aromatic N) is 1. The second-order valence-electron chi connectivity index (χ2n) is 7.21. The van der Waals surface area contributed by atoms with Crippen molar-refractivity contribution in [3.8, 4) is 5.75 Å². The van der Waals surface area contributed by atoms with Crippen LogP contribution in [0.3, 0.4) is 0 Å². The number of hydrogen-bond acceptors (Lipinski definition) is 4. The lowest BCUT2D eigenvalue weighted by molar-refractivity contribution is -0.125. The summed E-state index contributed by atoms with van der Waals surface area (Å²) in [6.07, 6.45) is 3.02. The standard InChI is InChI=1S/C23H23N3O3/c1-29-17-9-7-15(8-10-17)11-13-25-22(27)18-14-19(18)23(28)26-20-6-2-4-16-5-3-12-24-21(16)20/h2-10,12,18-19H,11,13-14H2,1H3,(H,25,27)(H,26,28). The summed E-state index contributed by atoms with van der Waals surface area (Å²) < 4.78 is 5.14. The molecular formula is C23H23N3O3. The summed E-state index contributed by atoms with van der Waals surface area (Å²) in [6, 6.07) is 17.3. The fraction of sp³-hybridized carbons (Fsp3) is 0.261. The molecule has 2 unspecified atom stereocenters. The van der Waals surface area contributed by atoms with Crippen molar-refractivity contribution in [2.24, 2.45) is 11.8 Å². The number of benzene rings is 2. The number of amides is 2. The third-order valence-electron chi connectivity index (χ3n) is 5.23. The number of rotatable bonds is 7. The fourth-order valence-electron chi connectivity index (χ4n) is 3.46. The van der Waals surface area contributed by atoms with Crippen LogP contribution in [0.1, 0.15) is 12.0 Å². The normalized spacial score (nSPS) is 17.6. The second-order valence-corrected chi connectivity index (χ2v) is 7.21. The maximum absolute atomic E-state index is 12.6. The number of pyridine rings is 1. The Morgan fingerprint density at radius 2 is 1.79 bits per heavy atom. The Labute approximate surface area is 169 Å². The molecule has 0 bridgehead atoms. The Kier molecular flexibility index (Phi) is 5.42. The topological polar surface area (TPSA) is 80.3 Å². The van der Waals surface area contributed by atoms with Crippen LogP contribution >= 0.6 is 0 Å². The summed E-state index contributed by atoms with van der Waals surface area (Å²) in [7, 11) is 1.63. The van der Waals surface area contributed by atoms with E-state index in [0.717, 1.165) is 28.6 Å². The highest BCUT2D eigenvalue weighted by Gasteiger charge is 2.47. The first-order valence-corrected chi connectivity index (χ1v) is 9.71. The lowest BCUT2D eigenvalue weighted by Crippen LogP contribution is -2.29. The first-order chi connectivity index (χ1) is 14.2. The predicted octanol–water partition coefficient (Wildman–Crippen LogP) is 3.18. The van der Waals surface area contributed by atoms with Gasteiger partial charge in [-0.05, 0) is 42.7 Å². The van der Waals surface area contributed by atoms with Crippen LogP contribution in [0.5, 0.6) is 5.75 Å². The number of para-hydroxylation sites is 1. The quantitative estimate of drug-likeness (QED) is 0.650. The lowest BCUT2D eigenvalue weighted by atomic mass is 10.1. The zero-order chi connectivity index (χ0) is 20.2. The number of carbonyl (C=O) groups excluding carboxylic acids is 2. The summed E-state index contributed by atoms with van der Waals surface area (Å²) in [4.78, 5) is 29.3. The van der Waals surface area contributed by atoms with Gasteiger partial charge in [-0.2, -0.15) is 0 Å². The van der Waals surface area contributed by atoms with Gasteiger partial charge in [-0.3, -0.25) is 14.6 Å². The van der Waals surface area contributed by atoms with E-state index in [1.807, 2.05) is 54.6 Å². The number of fused-ring (bicyclic) bond motifs is 1. The van der Waals surface area contributed by atoms with Crippen molar-refractivity contribution in [3.05, 3.63) is 66.4 Å². The number of hydrogen-bond donors (Lipinski definition) is 2. The van der Waals surface area contributed by atoms with Gasteiger partial charge >= 0.3 is 0 Å². The van der Waals surface area contributed by atoms with Gasteiger partial charge in [-0.15, -0.1) is 0 Å². The summed E-state index contributed by atoms with van der Waals surface area (Å²) in [5.41, 5.74) is 2.56. The van der Waals surface area contributed by atoms with E-state index in [4.69, 9.17) is 4.74 Å². The van der Waals surface area contributed by atoms with Crippen molar-refractivity contribution in [2.45, 2.75) is 12.8 Å². The Balaban J connectivity index is 1.27. The minimum atomic E-state index is -0.282. The van der Waals surface area contributed by atoms with E-state index < -0.39 is 0 Å². The van der Waals surface area contributed by atoms with Crippen LogP contribution < -0.4 is 15.4 Å². The van der Waals surface area contributed by atoms with E-state index in [2.05, 4.69) is 15.6 Å². The number of ether oxygens (including phenoxy) is 1. The van der Waals surface area contributed by atoms with Crippen molar-refractivity contribution in [2.75, 3.05) is 19.0 Å². The highest BCUT2D eigenvalue weighted by atomic mass is 16.5. The van der Waals surface area contributed by atoms with Crippen LogP contribution in [0.2, 0.25) is 0 Å². The van der Waals surface area contributed by atoms with E-state index in [0.29, 0.717) is 18.7 Å². The maximum Gasteiger partial charge on any atom is 0.228 e. The van der Waals surface area contributed by atoms with Crippen molar-refractivity contribution in [3.63, 3.8) is 0 Å². The van der Waals surface area contributed by atoms with Gasteiger partial charge in [0, 0.05) is 18.1 Å². The van der Waals surface area contributed by atoms with Gasteiger partial charge in [0.05, 0.1) is 30.1 Å². The first-order valence-electron chi connectivity index (χ1n) is 9.71. The van der Waals surface area contributed by atoms with Crippen LogP contribution in [0.15, 0.2) is 60.8 Å². The van der Waals surface area contributed by atoms with E-state index in [1.54, 1.807) is 13.3 Å². The third kappa shape index (κ3) is 4.37. The van der Waals surface area contributed by atoms with E-state index >= 15 is 0 Å². The minimum absolute atomic E-state index is 0.0605. The summed E-state index contributed by atoms with van der Waals surface area (Å²) in [6.45, 7) is 0.545. The molecule has 1 heterocycles. The third-order valence-corrected chi connectivity index (χ3v) is 5.23. The molecule has 1 aromatic heterocycles. The van der Waals surface area contributed by atoms with E-state index in [9.17, 15) is 9.59 Å². The lowest BCUT2D eigenvalue weighted by Gasteiger charge is -2.08. The Bertz CT molecular complexity index is 1030. The zero-order valence-electron chi connectivity index (χ0n) is 16.2. The monoisotopic (exact) mass is 389 g/mol. The molecule has 4 rings (SSSR count).